The van der Waals surface area contributed by atoms with E-state index >= 15 is 0 Å². The quantitative estimate of drug-likeness (QED) is 0.840. The number of likely N-dealkylation sites (N-methyl/N-ethyl adjacent to an activating group) is 2. The lowest BCUT2D eigenvalue weighted by molar-refractivity contribution is -0.132. The van der Waals surface area contributed by atoms with Gasteiger partial charge in [-0.05, 0) is 24.6 Å². The van der Waals surface area contributed by atoms with Crippen molar-refractivity contribution in [3.63, 3.8) is 0 Å². The molecule has 2 rings (SSSR count). The van der Waals surface area contributed by atoms with Crippen molar-refractivity contribution in [2.75, 3.05) is 14.1 Å². The van der Waals surface area contributed by atoms with Crippen molar-refractivity contribution in [1.29, 1.82) is 0 Å². The molecule has 1 amide bonds. The predicted molar refractivity (Wildman–Crippen MR) is 95.1 cm³/mol. The molecular formula is C20H26N2O. The molecule has 3 nitrogen and oxygen atoms in total. The van der Waals surface area contributed by atoms with Gasteiger partial charge in [0.25, 0.3) is 0 Å². The van der Waals surface area contributed by atoms with Crippen LogP contribution in [0, 0.1) is 0 Å². The van der Waals surface area contributed by atoms with Gasteiger partial charge >= 0.3 is 0 Å². The fraction of sp³-hybridized carbons (Fsp3) is 0.350. The summed E-state index contributed by atoms with van der Waals surface area (Å²) in [5.74, 6) is 0.178. The highest BCUT2D eigenvalue weighted by molar-refractivity contribution is 5.76. The summed E-state index contributed by atoms with van der Waals surface area (Å²) < 4.78 is 0. The Morgan fingerprint density at radius 1 is 1.00 bits per heavy atom. The zero-order valence-electron chi connectivity index (χ0n) is 14.2. The minimum absolute atomic E-state index is 0.0392. The molecule has 23 heavy (non-hydrogen) atoms. The molecule has 0 aliphatic rings. The van der Waals surface area contributed by atoms with Gasteiger partial charge in [0.15, 0.2) is 0 Å². The summed E-state index contributed by atoms with van der Waals surface area (Å²) in [7, 11) is 3.86. The fourth-order valence-corrected chi connectivity index (χ4v) is 3.00. The highest BCUT2D eigenvalue weighted by atomic mass is 16.2. The lowest BCUT2D eigenvalue weighted by Crippen LogP contribution is -2.38. The first kappa shape index (κ1) is 17.2. The molecule has 2 atom stereocenters. The maximum Gasteiger partial charge on any atom is 0.222 e. The van der Waals surface area contributed by atoms with E-state index in [2.05, 4.69) is 29.6 Å². The van der Waals surface area contributed by atoms with Crippen LogP contribution in [0.4, 0.5) is 0 Å². The first-order valence-electron chi connectivity index (χ1n) is 8.21. The van der Waals surface area contributed by atoms with Gasteiger partial charge in [-0.3, -0.25) is 4.79 Å². The molecule has 0 bridgehead atoms. The largest absolute Gasteiger partial charge is 0.337 e. The second-order valence-electron chi connectivity index (χ2n) is 5.79. The Bertz CT molecular complexity index is 598. The molecule has 0 unspecified atom stereocenters. The van der Waals surface area contributed by atoms with E-state index in [1.165, 1.54) is 5.56 Å². The van der Waals surface area contributed by atoms with Gasteiger partial charge in [-0.1, -0.05) is 67.6 Å². The third-order valence-corrected chi connectivity index (χ3v) is 4.20. The average Bonchev–Trinajstić information content (AvgIpc) is 2.60. The van der Waals surface area contributed by atoms with Gasteiger partial charge in [0.05, 0.1) is 12.1 Å². The van der Waals surface area contributed by atoms with E-state index in [-0.39, 0.29) is 18.0 Å². The van der Waals surface area contributed by atoms with Crippen molar-refractivity contribution in [3.8, 4) is 0 Å². The molecule has 2 aromatic rings. The third kappa shape index (κ3) is 4.20. The Morgan fingerprint density at radius 3 is 2.00 bits per heavy atom. The van der Waals surface area contributed by atoms with Crippen molar-refractivity contribution < 1.29 is 4.79 Å². The molecule has 0 aliphatic carbocycles. The van der Waals surface area contributed by atoms with E-state index in [0.717, 1.165) is 12.0 Å². The summed E-state index contributed by atoms with van der Waals surface area (Å²) in [5, 5.41) is 3.40. The van der Waals surface area contributed by atoms with Crippen molar-refractivity contribution >= 4 is 5.91 Å². The summed E-state index contributed by atoms with van der Waals surface area (Å²) in [6.45, 7) is 2.04. The molecule has 0 heterocycles. The summed E-state index contributed by atoms with van der Waals surface area (Å²) in [6.07, 6.45) is 1.44. The predicted octanol–water partition coefficient (Wildman–Crippen LogP) is 3.95. The van der Waals surface area contributed by atoms with E-state index in [0.29, 0.717) is 6.42 Å². The monoisotopic (exact) mass is 310 g/mol. The van der Waals surface area contributed by atoms with Gasteiger partial charge in [0, 0.05) is 13.5 Å². The van der Waals surface area contributed by atoms with Gasteiger partial charge < -0.3 is 10.2 Å². The number of benzene rings is 2. The van der Waals surface area contributed by atoms with Gasteiger partial charge in [-0.2, -0.15) is 0 Å². The summed E-state index contributed by atoms with van der Waals surface area (Å²) in [4.78, 5) is 14.4. The molecular weight excluding hydrogens is 284 g/mol. The molecule has 3 heteroatoms. The van der Waals surface area contributed by atoms with Crippen molar-refractivity contribution in [1.82, 2.24) is 10.2 Å². The van der Waals surface area contributed by atoms with Crippen LogP contribution in [0.15, 0.2) is 60.7 Å². The second kappa shape index (κ2) is 8.49. The smallest absolute Gasteiger partial charge is 0.222 e. The first-order chi connectivity index (χ1) is 11.2. The number of hydrogen-bond acceptors (Lipinski definition) is 2. The normalized spacial score (nSPS) is 13.3. The standard InChI is InChI=1S/C20H26N2O/c1-4-11-18(23)22(3)20(17-14-9-6-10-15-17)19(21-2)16-12-7-5-8-13-16/h5-10,12-15,19-21H,4,11H2,1-3H3/t19-,20+/m0/s1. The lowest BCUT2D eigenvalue weighted by atomic mass is 9.92. The average molecular weight is 310 g/mol. The number of nitrogens with zero attached hydrogens (tertiary/aromatic N) is 1. The molecule has 0 aromatic heterocycles. The highest BCUT2D eigenvalue weighted by Crippen LogP contribution is 2.33. The van der Waals surface area contributed by atoms with E-state index in [1.807, 2.05) is 62.3 Å². The molecule has 122 valence electrons. The topological polar surface area (TPSA) is 32.3 Å². The SMILES string of the molecule is CCCC(=O)N(C)[C@H](c1ccccc1)[C@@H](NC)c1ccccc1. The number of nitrogens with one attached hydrogen (secondary N) is 1. The zero-order valence-corrected chi connectivity index (χ0v) is 14.2. The zero-order chi connectivity index (χ0) is 16.7. The van der Waals surface area contributed by atoms with Crippen LogP contribution in [0.1, 0.15) is 43.0 Å². The van der Waals surface area contributed by atoms with Crippen LogP contribution in [0.2, 0.25) is 0 Å². The maximum absolute atomic E-state index is 12.5. The van der Waals surface area contributed by atoms with Crippen LogP contribution in [-0.2, 0) is 4.79 Å². The molecule has 0 fully saturated rings. The van der Waals surface area contributed by atoms with Crippen LogP contribution in [-0.4, -0.2) is 24.9 Å². The Hall–Kier alpha value is -2.13. The van der Waals surface area contributed by atoms with Crippen LogP contribution in [0.25, 0.3) is 0 Å². The first-order valence-corrected chi connectivity index (χ1v) is 8.21. The Morgan fingerprint density at radius 2 is 1.52 bits per heavy atom. The van der Waals surface area contributed by atoms with Crippen molar-refractivity contribution in [3.05, 3.63) is 71.8 Å². The number of rotatable bonds is 7. The van der Waals surface area contributed by atoms with Crippen LogP contribution >= 0.6 is 0 Å². The molecule has 2 aromatic carbocycles. The van der Waals surface area contributed by atoms with Crippen molar-refractivity contribution in [2.24, 2.45) is 0 Å². The van der Waals surface area contributed by atoms with Gasteiger partial charge in [-0.15, -0.1) is 0 Å². The second-order valence-corrected chi connectivity index (χ2v) is 5.79. The number of amides is 1. The molecule has 0 saturated heterocycles. The molecule has 0 saturated carbocycles. The molecule has 0 spiro atoms. The Labute approximate surface area is 139 Å². The van der Waals surface area contributed by atoms with Crippen LogP contribution in [0.3, 0.4) is 0 Å². The van der Waals surface area contributed by atoms with Gasteiger partial charge in [0.2, 0.25) is 5.91 Å². The van der Waals surface area contributed by atoms with Gasteiger partial charge in [0.1, 0.15) is 0 Å². The molecule has 0 radical (unpaired) electrons. The lowest BCUT2D eigenvalue weighted by Gasteiger charge is -2.35. The van der Waals surface area contributed by atoms with Crippen LogP contribution < -0.4 is 5.32 Å². The molecule has 0 aliphatic heterocycles. The third-order valence-electron chi connectivity index (χ3n) is 4.20. The number of carbonyl (C=O) groups excluding carboxylic acids is 1. The summed E-state index contributed by atoms with van der Waals surface area (Å²) >= 11 is 0. The Balaban J connectivity index is 2.42. The van der Waals surface area contributed by atoms with E-state index in [9.17, 15) is 4.79 Å². The summed E-state index contributed by atoms with van der Waals surface area (Å²) in [6, 6.07) is 20.5. The van der Waals surface area contributed by atoms with E-state index in [1.54, 1.807) is 0 Å². The maximum atomic E-state index is 12.5. The summed E-state index contributed by atoms with van der Waals surface area (Å²) in [5.41, 5.74) is 2.32. The van der Waals surface area contributed by atoms with E-state index in [4.69, 9.17) is 0 Å². The fourth-order valence-electron chi connectivity index (χ4n) is 3.00. The number of hydrogen-bond donors (Lipinski definition) is 1. The van der Waals surface area contributed by atoms with E-state index < -0.39 is 0 Å². The Kier molecular flexibility index (Phi) is 6.36. The van der Waals surface area contributed by atoms with Crippen molar-refractivity contribution in [2.45, 2.75) is 31.8 Å². The minimum Gasteiger partial charge on any atom is -0.337 e. The number of carbonyl (C=O) groups is 1. The molecule has 1 N–H and O–H groups in total. The van der Waals surface area contributed by atoms with Gasteiger partial charge in [-0.25, -0.2) is 0 Å². The van der Waals surface area contributed by atoms with Crippen LogP contribution in [0.5, 0.6) is 0 Å². The minimum atomic E-state index is -0.0392. The highest BCUT2D eigenvalue weighted by Gasteiger charge is 2.29.